The van der Waals surface area contributed by atoms with E-state index in [4.69, 9.17) is 5.73 Å². The van der Waals surface area contributed by atoms with Crippen LogP contribution in [-0.2, 0) is 0 Å². The Morgan fingerprint density at radius 1 is 0.938 bits per heavy atom. The van der Waals surface area contributed by atoms with Gasteiger partial charge in [0.1, 0.15) is 0 Å². The molecule has 3 heterocycles. The van der Waals surface area contributed by atoms with Gasteiger partial charge < -0.3 is 10.6 Å². The van der Waals surface area contributed by atoms with Gasteiger partial charge in [0.05, 0.1) is 0 Å². The van der Waals surface area contributed by atoms with Crippen LogP contribution in [-0.4, -0.2) is 55.1 Å². The molecule has 92 valence electrons. The zero-order valence-electron chi connectivity index (χ0n) is 10.3. The molecule has 0 saturated carbocycles. The highest BCUT2D eigenvalue weighted by molar-refractivity contribution is 4.93. The van der Waals surface area contributed by atoms with Crippen LogP contribution in [0.4, 0.5) is 0 Å². The summed E-state index contributed by atoms with van der Waals surface area (Å²) in [7, 11) is 0. The fraction of sp³-hybridized carbons (Fsp3) is 1.00. The lowest BCUT2D eigenvalue weighted by Gasteiger charge is -2.42. The van der Waals surface area contributed by atoms with Gasteiger partial charge in [-0.2, -0.15) is 0 Å². The van der Waals surface area contributed by atoms with Crippen molar-refractivity contribution in [2.45, 2.75) is 31.7 Å². The predicted molar refractivity (Wildman–Crippen MR) is 66.3 cm³/mol. The zero-order valence-corrected chi connectivity index (χ0v) is 10.3. The molecule has 0 amide bonds. The number of fused-ring (bicyclic) bond motifs is 2. The van der Waals surface area contributed by atoms with Gasteiger partial charge in [0, 0.05) is 12.6 Å². The van der Waals surface area contributed by atoms with Crippen molar-refractivity contribution in [1.82, 2.24) is 9.80 Å². The number of hydrogen-bond acceptors (Lipinski definition) is 3. The van der Waals surface area contributed by atoms with E-state index in [2.05, 4.69) is 9.80 Å². The first kappa shape index (κ1) is 11.0. The van der Waals surface area contributed by atoms with E-state index in [-0.39, 0.29) is 0 Å². The number of hydrogen-bond donors (Lipinski definition) is 1. The fourth-order valence-electron chi connectivity index (χ4n) is 3.93. The molecule has 3 unspecified atom stereocenters. The molecule has 3 fully saturated rings. The monoisotopic (exact) mass is 223 g/mol. The summed E-state index contributed by atoms with van der Waals surface area (Å²) < 4.78 is 0. The van der Waals surface area contributed by atoms with Crippen LogP contribution in [0, 0.1) is 11.8 Å². The Morgan fingerprint density at radius 2 is 1.69 bits per heavy atom. The Morgan fingerprint density at radius 3 is 2.44 bits per heavy atom. The minimum atomic E-state index is 0.805. The Kier molecular flexibility index (Phi) is 3.18. The summed E-state index contributed by atoms with van der Waals surface area (Å²) in [6.45, 7) is 7.60. The van der Waals surface area contributed by atoms with Gasteiger partial charge in [0.25, 0.3) is 0 Å². The summed E-state index contributed by atoms with van der Waals surface area (Å²) in [6, 6.07) is 0.900. The first-order valence-corrected chi connectivity index (χ1v) is 7.03. The maximum Gasteiger partial charge on any atom is 0.0148 e. The van der Waals surface area contributed by atoms with Crippen LogP contribution in [0.5, 0.6) is 0 Å². The summed E-state index contributed by atoms with van der Waals surface area (Å²) in [5.74, 6) is 1.78. The second-order valence-corrected chi connectivity index (χ2v) is 5.92. The Hall–Kier alpha value is -0.120. The maximum atomic E-state index is 5.76. The molecular weight excluding hydrogens is 198 g/mol. The molecule has 3 rings (SSSR count). The van der Waals surface area contributed by atoms with E-state index in [1.165, 1.54) is 58.4 Å². The van der Waals surface area contributed by atoms with E-state index in [0.717, 1.165) is 24.4 Å². The van der Waals surface area contributed by atoms with Gasteiger partial charge in [0.15, 0.2) is 0 Å². The van der Waals surface area contributed by atoms with Gasteiger partial charge in [-0.05, 0) is 70.2 Å². The van der Waals surface area contributed by atoms with E-state index >= 15 is 0 Å². The average Bonchev–Trinajstić information content (AvgIpc) is 2.72. The normalized spacial score (nSPS) is 41.4. The van der Waals surface area contributed by atoms with Gasteiger partial charge in [0.2, 0.25) is 0 Å². The molecule has 3 atom stereocenters. The highest BCUT2D eigenvalue weighted by Gasteiger charge is 2.38. The molecule has 3 saturated heterocycles. The van der Waals surface area contributed by atoms with Crippen molar-refractivity contribution in [3.8, 4) is 0 Å². The molecule has 2 N–H and O–H groups in total. The van der Waals surface area contributed by atoms with Crippen LogP contribution in [0.1, 0.15) is 25.7 Å². The second kappa shape index (κ2) is 4.63. The van der Waals surface area contributed by atoms with Gasteiger partial charge >= 0.3 is 0 Å². The zero-order chi connectivity index (χ0) is 11.0. The van der Waals surface area contributed by atoms with Crippen molar-refractivity contribution in [2.24, 2.45) is 17.6 Å². The van der Waals surface area contributed by atoms with Crippen molar-refractivity contribution in [3.63, 3.8) is 0 Å². The van der Waals surface area contributed by atoms with Crippen LogP contribution < -0.4 is 5.73 Å². The summed E-state index contributed by atoms with van der Waals surface area (Å²) in [6.07, 6.45) is 5.53. The molecule has 3 aliphatic heterocycles. The molecule has 16 heavy (non-hydrogen) atoms. The molecule has 0 aromatic rings. The third-order valence-electron chi connectivity index (χ3n) is 5.05. The lowest BCUT2D eigenvalue weighted by atomic mass is 9.89. The van der Waals surface area contributed by atoms with E-state index in [1.54, 1.807) is 0 Å². The largest absolute Gasteiger partial charge is 0.330 e. The van der Waals surface area contributed by atoms with Gasteiger partial charge in [-0.1, -0.05) is 0 Å². The molecule has 0 spiro atoms. The third kappa shape index (κ3) is 2.01. The SMILES string of the molecule is NCC1CCN(C2CCN3CCC2C3)CC1. The summed E-state index contributed by atoms with van der Waals surface area (Å²) in [5.41, 5.74) is 5.76. The molecular formula is C13H25N3. The molecule has 0 aromatic heterocycles. The third-order valence-corrected chi connectivity index (χ3v) is 5.05. The van der Waals surface area contributed by atoms with E-state index in [0.29, 0.717) is 0 Å². The average molecular weight is 223 g/mol. The lowest BCUT2D eigenvalue weighted by Crippen LogP contribution is -2.49. The first-order valence-electron chi connectivity index (χ1n) is 7.03. The molecule has 3 heteroatoms. The lowest BCUT2D eigenvalue weighted by molar-refractivity contribution is 0.0688. The van der Waals surface area contributed by atoms with Crippen LogP contribution in [0.15, 0.2) is 0 Å². The minimum absolute atomic E-state index is 0.805. The van der Waals surface area contributed by atoms with Crippen molar-refractivity contribution in [2.75, 3.05) is 39.3 Å². The number of nitrogens with two attached hydrogens (primary N) is 1. The Bertz CT molecular complexity index is 235. The minimum Gasteiger partial charge on any atom is -0.330 e. The van der Waals surface area contributed by atoms with Gasteiger partial charge in [-0.3, -0.25) is 4.90 Å². The predicted octanol–water partition coefficient (Wildman–Crippen LogP) is 0.751. The van der Waals surface area contributed by atoms with Crippen LogP contribution in [0.3, 0.4) is 0 Å². The summed E-state index contributed by atoms with van der Waals surface area (Å²) in [5, 5.41) is 0. The smallest absolute Gasteiger partial charge is 0.0148 e. The van der Waals surface area contributed by atoms with Crippen LogP contribution in [0.25, 0.3) is 0 Å². The summed E-state index contributed by atoms with van der Waals surface area (Å²) >= 11 is 0. The standard InChI is InChI=1S/C13H25N3/c14-9-11-1-7-16(8-2-11)13-4-6-15-5-3-12(13)10-15/h11-13H,1-10,14H2. The number of nitrogens with zero attached hydrogens (tertiary/aromatic N) is 2. The van der Waals surface area contributed by atoms with Gasteiger partial charge in [-0.15, -0.1) is 0 Å². The highest BCUT2D eigenvalue weighted by Crippen LogP contribution is 2.32. The molecule has 2 bridgehead atoms. The fourth-order valence-corrected chi connectivity index (χ4v) is 3.93. The highest BCUT2D eigenvalue weighted by atomic mass is 15.2. The Labute approximate surface area is 99.0 Å². The van der Waals surface area contributed by atoms with E-state index in [1.807, 2.05) is 0 Å². The number of piperidine rings is 2. The first-order chi connectivity index (χ1) is 7.86. The molecule has 3 aliphatic rings. The van der Waals surface area contributed by atoms with Crippen molar-refractivity contribution >= 4 is 0 Å². The van der Waals surface area contributed by atoms with E-state index < -0.39 is 0 Å². The number of rotatable bonds is 2. The van der Waals surface area contributed by atoms with Crippen molar-refractivity contribution in [1.29, 1.82) is 0 Å². The molecule has 0 radical (unpaired) electrons. The molecule has 0 aromatic carbocycles. The quantitative estimate of drug-likeness (QED) is 0.750. The Balaban J connectivity index is 1.57. The van der Waals surface area contributed by atoms with Crippen LogP contribution in [0.2, 0.25) is 0 Å². The van der Waals surface area contributed by atoms with Crippen molar-refractivity contribution in [3.05, 3.63) is 0 Å². The molecule has 0 aliphatic carbocycles. The number of likely N-dealkylation sites (tertiary alicyclic amines) is 1. The molecule has 3 nitrogen and oxygen atoms in total. The topological polar surface area (TPSA) is 32.5 Å². The maximum absolute atomic E-state index is 5.76. The van der Waals surface area contributed by atoms with Gasteiger partial charge in [-0.25, -0.2) is 0 Å². The summed E-state index contributed by atoms with van der Waals surface area (Å²) in [4.78, 5) is 5.42. The van der Waals surface area contributed by atoms with Crippen molar-refractivity contribution < 1.29 is 0 Å². The van der Waals surface area contributed by atoms with E-state index in [9.17, 15) is 0 Å². The second-order valence-electron chi connectivity index (χ2n) is 5.92. The van der Waals surface area contributed by atoms with Crippen LogP contribution >= 0.6 is 0 Å².